The molecule has 1 aliphatic rings. The topological polar surface area (TPSA) is 54.7 Å². The minimum Gasteiger partial charge on any atom is -0.483 e. The molecule has 0 radical (unpaired) electrons. The van der Waals surface area contributed by atoms with Crippen molar-refractivity contribution in [1.29, 1.82) is 0 Å². The van der Waals surface area contributed by atoms with E-state index in [1.54, 1.807) is 6.26 Å². The Morgan fingerprint density at radius 1 is 1.26 bits per heavy atom. The Hall–Kier alpha value is -2.27. The zero-order valence-electron chi connectivity index (χ0n) is 16.5. The number of benzene rings is 1. The second-order valence-corrected chi connectivity index (χ2v) is 7.56. The van der Waals surface area contributed by atoms with Gasteiger partial charge in [0.15, 0.2) is 6.61 Å². The lowest BCUT2D eigenvalue weighted by molar-refractivity contribution is -0.123. The van der Waals surface area contributed by atoms with Crippen LogP contribution in [0.2, 0.25) is 0 Å². The van der Waals surface area contributed by atoms with E-state index in [9.17, 15) is 4.79 Å². The lowest BCUT2D eigenvalue weighted by atomic mass is 10.0. The Bertz CT molecular complexity index is 734. The van der Waals surface area contributed by atoms with E-state index in [2.05, 4.69) is 36.2 Å². The van der Waals surface area contributed by atoms with E-state index in [1.165, 1.54) is 12.8 Å². The number of hydrogen-bond acceptors (Lipinski definition) is 4. The van der Waals surface area contributed by atoms with Crippen LogP contribution in [0.1, 0.15) is 55.5 Å². The number of hydrogen-bond donors (Lipinski definition) is 1. The third kappa shape index (κ3) is 5.13. The summed E-state index contributed by atoms with van der Waals surface area (Å²) in [7, 11) is 0. The number of carbonyl (C=O) groups is 1. The summed E-state index contributed by atoms with van der Waals surface area (Å²) in [5.74, 6) is 1.94. The van der Waals surface area contributed by atoms with Gasteiger partial charge in [-0.3, -0.25) is 9.69 Å². The van der Waals surface area contributed by atoms with Crippen LogP contribution in [-0.2, 0) is 4.79 Å². The summed E-state index contributed by atoms with van der Waals surface area (Å²) >= 11 is 0. The van der Waals surface area contributed by atoms with Crippen LogP contribution in [0, 0.1) is 6.92 Å². The second kappa shape index (κ2) is 9.09. The van der Waals surface area contributed by atoms with Gasteiger partial charge < -0.3 is 14.5 Å². The summed E-state index contributed by atoms with van der Waals surface area (Å²) in [5.41, 5.74) is 2.25. The van der Waals surface area contributed by atoms with Crippen LogP contribution in [0.5, 0.6) is 5.75 Å². The Morgan fingerprint density at radius 3 is 2.70 bits per heavy atom. The van der Waals surface area contributed by atoms with E-state index < -0.39 is 0 Å². The lowest BCUT2D eigenvalue weighted by Crippen LogP contribution is -2.38. The van der Waals surface area contributed by atoms with Crippen LogP contribution in [0.3, 0.4) is 0 Å². The number of nitrogens with zero attached hydrogens (tertiary/aromatic N) is 1. The number of amides is 1. The van der Waals surface area contributed by atoms with Crippen molar-refractivity contribution < 1.29 is 13.9 Å². The van der Waals surface area contributed by atoms with Gasteiger partial charge >= 0.3 is 0 Å². The molecule has 1 N–H and O–H groups in total. The fourth-order valence-corrected chi connectivity index (χ4v) is 3.59. The Balaban J connectivity index is 1.57. The molecular weight excluding hydrogens is 340 g/mol. The first-order valence-electron chi connectivity index (χ1n) is 9.82. The van der Waals surface area contributed by atoms with Crippen molar-refractivity contribution in [2.24, 2.45) is 0 Å². The Kier molecular flexibility index (Phi) is 6.56. The summed E-state index contributed by atoms with van der Waals surface area (Å²) in [4.78, 5) is 14.8. The largest absolute Gasteiger partial charge is 0.483 e. The summed E-state index contributed by atoms with van der Waals surface area (Å²) in [6.45, 7) is 8.91. The molecule has 2 aromatic rings. The predicted molar refractivity (Wildman–Crippen MR) is 106 cm³/mol. The molecule has 146 valence electrons. The van der Waals surface area contributed by atoms with Crippen molar-refractivity contribution in [1.82, 2.24) is 10.2 Å². The van der Waals surface area contributed by atoms with Crippen molar-refractivity contribution >= 4 is 5.91 Å². The molecule has 0 saturated carbocycles. The maximum atomic E-state index is 12.4. The van der Waals surface area contributed by atoms with Crippen LogP contribution < -0.4 is 10.1 Å². The lowest BCUT2D eigenvalue weighted by Gasteiger charge is -2.26. The SMILES string of the molecule is Cc1ccc(C(C)C)c(OCC(=O)NC[C@H](c2ccco2)N2CCCC2)c1. The molecule has 1 atom stereocenters. The number of furan rings is 1. The molecule has 2 heterocycles. The fraction of sp³-hybridized carbons (Fsp3) is 0.500. The number of rotatable bonds is 8. The molecule has 1 aromatic heterocycles. The number of nitrogens with one attached hydrogen (secondary N) is 1. The van der Waals surface area contributed by atoms with Gasteiger partial charge in [-0.1, -0.05) is 26.0 Å². The van der Waals surface area contributed by atoms with Gasteiger partial charge in [0.05, 0.1) is 12.3 Å². The van der Waals surface area contributed by atoms with Gasteiger partial charge in [0.25, 0.3) is 5.91 Å². The van der Waals surface area contributed by atoms with E-state index in [0.717, 1.165) is 35.7 Å². The molecule has 0 spiro atoms. The first-order chi connectivity index (χ1) is 13.0. The van der Waals surface area contributed by atoms with Gasteiger partial charge in [-0.25, -0.2) is 0 Å². The zero-order valence-corrected chi connectivity index (χ0v) is 16.5. The van der Waals surface area contributed by atoms with Crippen LogP contribution in [0.25, 0.3) is 0 Å². The van der Waals surface area contributed by atoms with E-state index in [-0.39, 0.29) is 18.6 Å². The molecule has 1 fully saturated rings. The first kappa shape index (κ1) is 19.5. The molecule has 0 unspecified atom stereocenters. The minimum absolute atomic E-state index is 0.0219. The van der Waals surface area contributed by atoms with Gasteiger partial charge in [-0.05, 0) is 68.1 Å². The van der Waals surface area contributed by atoms with E-state index in [0.29, 0.717) is 12.5 Å². The summed E-state index contributed by atoms with van der Waals surface area (Å²) < 4.78 is 11.4. The maximum Gasteiger partial charge on any atom is 0.258 e. The smallest absolute Gasteiger partial charge is 0.258 e. The molecular formula is C22H30N2O3. The maximum absolute atomic E-state index is 12.4. The number of aryl methyl sites for hydroxylation is 1. The van der Waals surface area contributed by atoms with E-state index in [1.807, 2.05) is 25.1 Å². The third-order valence-electron chi connectivity index (χ3n) is 5.10. The van der Waals surface area contributed by atoms with Crippen molar-refractivity contribution in [3.63, 3.8) is 0 Å². The Labute approximate surface area is 161 Å². The zero-order chi connectivity index (χ0) is 19.2. The van der Waals surface area contributed by atoms with Gasteiger partial charge in [-0.2, -0.15) is 0 Å². The highest BCUT2D eigenvalue weighted by atomic mass is 16.5. The molecule has 3 rings (SSSR count). The Morgan fingerprint density at radius 2 is 2.04 bits per heavy atom. The van der Waals surface area contributed by atoms with E-state index >= 15 is 0 Å². The number of ether oxygens (including phenoxy) is 1. The molecule has 1 aliphatic heterocycles. The normalized spacial score (nSPS) is 15.9. The van der Waals surface area contributed by atoms with Crippen molar-refractivity contribution in [3.05, 3.63) is 53.5 Å². The molecule has 5 nitrogen and oxygen atoms in total. The monoisotopic (exact) mass is 370 g/mol. The number of likely N-dealkylation sites (tertiary alicyclic amines) is 1. The number of carbonyl (C=O) groups excluding carboxylic acids is 1. The molecule has 1 saturated heterocycles. The summed E-state index contributed by atoms with van der Waals surface area (Å²) in [6.07, 6.45) is 4.08. The molecule has 1 aromatic carbocycles. The van der Waals surface area contributed by atoms with Crippen LogP contribution in [0.4, 0.5) is 0 Å². The third-order valence-corrected chi connectivity index (χ3v) is 5.10. The molecule has 27 heavy (non-hydrogen) atoms. The van der Waals surface area contributed by atoms with Gasteiger partial charge in [0.1, 0.15) is 11.5 Å². The standard InChI is InChI=1S/C22H30N2O3/c1-16(2)18-9-8-17(3)13-21(18)27-15-22(25)23-14-19(20-7-6-12-26-20)24-10-4-5-11-24/h6-9,12-13,16,19H,4-5,10-11,14-15H2,1-3H3,(H,23,25)/t19-/m1/s1. The van der Waals surface area contributed by atoms with Gasteiger partial charge in [0, 0.05) is 6.54 Å². The second-order valence-electron chi connectivity index (χ2n) is 7.56. The molecule has 5 heteroatoms. The highest BCUT2D eigenvalue weighted by Crippen LogP contribution is 2.27. The summed E-state index contributed by atoms with van der Waals surface area (Å²) in [5, 5.41) is 3.02. The van der Waals surface area contributed by atoms with Crippen molar-refractivity contribution in [2.75, 3.05) is 26.2 Å². The average molecular weight is 370 g/mol. The highest BCUT2D eigenvalue weighted by Gasteiger charge is 2.26. The average Bonchev–Trinajstić information content (AvgIpc) is 3.34. The molecule has 0 aliphatic carbocycles. The fourth-order valence-electron chi connectivity index (χ4n) is 3.59. The van der Waals surface area contributed by atoms with E-state index in [4.69, 9.17) is 9.15 Å². The first-order valence-corrected chi connectivity index (χ1v) is 9.82. The van der Waals surface area contributed by atoms with Crippen molar-refractivity contribution in [3.8, 4) is 5.75 Å². The van der Waals surface area contributed by atoms with Crippen LogP contribution >= 0.6 is 0 Å². The quantitative estimate of drug-likeness (QED) is 0.762. The predicted octanol–water partition coefficient (Wildman–Crippen LogP) is 4.04. The minimum atomic E-state index is -0.109. The molecule has 0 bridgehead atoms. The molecule has 1 amide bonds. The van der Waals surface area contributed by atoms with Gasteiger partial charge in [0.2, 0.25) is 0 Å². The van der Waals surface area contributed by atoms with Crippen LogP contribution in [0.15, 0.2) is 41.0 Å². The highest BCUT2D eigenvalue weighted by molar-refractivity contribution is 5.77. The van der Waals surface area contributed by atoms with Gasteiger partial charge in [-0.15, -0.1) is 0 Å². The van der Waals surface area contributed by atoms with Crippen LogP contribution in [-0.4, -0.2) is 37.0 Å². The van der Waals surface area contributed by atoms with Crippen molar-refractivity contribution in [2.45, 2.75) is 45.6 Å². The summed E-state index contributed by atoms with van der Waals surface area (Å²) in [6, 6.07) is 10.1.